The first-order valence-electron chi connectivity index (χ1n) is 8.95. The third kappa shape index (κ3) is 4.74. The number of aryl methyl sites for hydroxylation is 2. The van der Waals surface area contributed by atoms with Gasteiger partial charge in [-0.2, -0.15) is 0 Å². The fraction of sp³-hybridized carbons (Fsp3) is 0.273. The molecule has 1 heterocycles. The largest absolute Gasteiger partial charge is 0.486 e. The highest BCUT2D eigenvalue weighted by Gasteiger charge is 2.15. The van der Waals surface area contributed by atoms with E-state index in [0.717, 1.165) is 21.9 Å². The Morgan fingerprint density at radius 1 is 1.19 bits per heavy atom. The van der Waals surface area contributed by atoms with Gasteiger partial charge < -0.3 is 10.1 Å². The van der Waals surface area contributed by atoms with Crippen LogP contribution in [0, 0.1) is 20.8 Å². The zero-order valence-electron chi connectivity index (χ0n) is 16.1. The molecule has 1 atom stereocenters. The maximum absolute atomic E-state index is 12.5. The highest BCUT2D eigenvalue weighted by atomic mass is 32.1. The summed E-state index contributed by atoms with van der Waals surface area (Å²) in [5.41, 5.74) is 5.00. The zero-order valence-corrected chi connectivity index (χ0v) is 16.9. The standard InChI is InChI=1S/C22H24N2O2S/c1-14-10-15(2)16(3)20(11-14)26-12-21-24-19(13-27-21)22(25)23-17(4)18-8-6-5-7-9-18/h5-11,13,17H,12H2,1-4H3,(H,23,25)/t17-/m0/s1. The first kappa shape index (κ1) is 19.1. The fourth-order valence-electron chi connectivity index (χ4n) is 2.87. The number of carbonyl (C=O) groups excluding carboxylic acids is 1. The molecule has 0 aliphatic heterocycles. The number of hydrogen-bond acceptors (Lipinski definition) is 4. The Kier molecular flexibility index (Phi) is 5.91. The second-order valence-electron chi connectivity index (χ2n) is 6.73. The Bertz CT molecular complexity index is 935. The van der Waals surface area contributed by atoms with Crippen molar-refractivity contribution in [3.63, 3.8) is 0 Å². The van der Waals surface area contributed by atoms with Gasteiger partial charge in [-0.1, -0.05) is 36.4 Å². The molecule has 0 bridgehead atoms. The maximum Gasteiger partial charge on any atom is 0.271 e. The predicted octanol–water partition coefficient (Wildman–Crippen LogP) is 5.14. The number of benzene rings is 2. The molecular formula is C22H24N2O2S. The third-order valence-corrected chi connectivity index (χ3v) is 5.37. The molecule has 5 heteroatoms. The van der Waals surface area contributed by atoms with Gasteiger partial charge in [-0.15, -0.1) is 11.3 Å². The van der Waals surface area contributed by atoms with Gasteiger partial charge >= 0.3 is 0 Å². The summed E-state index contributed by atoms with van der Waals surface area (Å²) in [6, 6.07) is 14.0. The van der Waals surface area contributed by atoms with Crippen LogP contribution in [0.25, 0.3) is 0 Å². The van der Waals surface area contributed by atoms with Crippen LogP contribution < -0.4 is 10.1 Å². The number of thiazole rings is 1. The van der Waals surface area contributed by atoms with Crippen LogP contribution in [0.3, 0.4) is 0 Å². The minimum Gasteiger partial charge on any atom is -0.486 e. The molecule has 0 aliphatic carbocycles. The van der Waals surface area contributed by atoms with Crippen molar-refractivity contribution in [2.24, 2.45) is 0 Å². The van der Waals surface area contributed by atoms with Gasteiger partial charge in [-0.05, 0) is 56.0 Å². The van der Waals surface area contributed by atoms with E-state index in [4.69, 9.17) is 4.74 Å². The number of carbonyl (C=O) groups is 1. The third-order valence-electron chi connectivity index (χ3n) is 4.55. The van der Waals surface area contributed by atoms with Crippen LogP contribution in [0.1, 0.15) is 50.7 Å². The van der Waals surface area contributed by atoms with Crippen molar-refractivity contribution in [1.29, 1.82) is 0 Å². The van der Waals surface area contributed by atoms with Crippen LogP contribution >= 0.6 is 11.3 Å². The first-order valence-corrected chi connectivity index (χ1v) is 9.83. The molecule has 0 radical (unpaired) electrons. The van der Waals surface area contributed by atoms with Crippen LogP contribution in [0.4, 0.5) is 0 Å². The van der Waals surface area contributed by atoms with Gasteiger partial charge in [0.05, 0.1) is 6.04 Å². The van der Waals surface area contributed by atoms with E-state index >= 15 is 0 Å². The van der Waals surface area contributed by atoms with Gasteiger partial charge in [-0.25, -0.2) is 4.98 Å². The second kappa shape index (κ2) is 8.35. The number of nitrogens with zero attached hydrogens (tertiary/aromatic N) is 1. The number of ether oxygens (including phenoxy) is 1. The molecule has 0 saturated carbocycles. The molecule has 1 aromatic heterocycles. The number of aromatic nitrogens is 1. The highest BCUT2D eigenvalue weighted by molar-refractivity contribution is 7.09. The van der Waals surface area contributed by atoms with Crippen molar-refractivity contribution in [1.82, 2.24) is 10.3 Å². The summed E-state index contributed by atoms with van der Waals surface area (Å²) in [6.07, 6.45) is 0. The molecule has 3 aromatic rings. The van der Waals surface area contributed by atoms with E-state index in [0.29, 0.717) is 12.3 Å². The molecule has 1 N–H and O–H groups in total. The second-order valence-corrected chi connectivity index (χ2v) is 7.67. The van der Waals surface area contributed by atoms with Gasteiger partial charge in [0, 0.05) is 5.38 Å². The summed E-state index contributed by atoms with van der Waals surface area (Å²) in [5, 5.41) is 5.55. The molecule has 1 amide bonds. The lowest BCUT2D eigenvalue weighted by molar-refractivity contribution is 0.0935. The smallest absolute Gasteiger partial charge is 0.271 e. The predicted molar refractivity (Wildman–Crippen MR) is 109 cm³/mol. The Morgan fingerprint density at radius 3 is 2.67 bits per heavy atom. The molecule has 27 heavy (non-hydrogen) atoms. The maximum atomic E-state index is 12.5. The number of rotatable bonds is 6. The molecule has 0 unspecified atom stereocenters. The van der Waals surface area contributed by atoms with Crippen molar-refractivity contribution in [3.05, 3.63) is 80.8 Å². The average Bonchev–Trinajstić information content (AvgIpc) is 3.13. The summed E-state index contributed by atoms with van der Waals surface area (Å²) in [5.74, 6) is 0.697. The van der Waals surface area contributed by atoms with Gasteiger partial charge in [-0.3, -0.25) is 4.79 Å². The normalized spacial score (nSPS) is 11.9. The van der Waals surface area contributed by atoms with E-state index in [1.165, 1.54) is 22.5 Å². The van der Waals surface area contributed by atoms with Crippen molar-refractivity contribution >= 4 is 17.2 Å². The Morgan fingerprint density at radius 2 is 1.93 bits per heavy atom. The molecule has 0 fully saturated rings. The van der Waals surface area contributed by atoms with Crippen molar-refractivity contribution in [3.8, 4) is 5.75 Å². The van der Waals surface area contributed by atoms with Crippen molar-refractivity contribution in [2.45, 2.75) is 40.3 Å². The lowest BCUT2D eigenvalue weighted by Crippen LogP contribution is -2.26. The van der Waals surface area contributed by atoms with E-state index in [-0.39, 0.29) is 11.9 Å². The molecule has 3 rings (SSSR count). The average molecular weight is 381 g/mol. The van der Waals surface area contributed by atoms with Crippen LogP contribution in [0.2, 0.25) is 0 Å². The molecule has 0 saturated heterocycles. The van der Waals surface area contributed by atoms with Crippen LogP contribution in [0.15, 0.2) is 47.8 Å². The molecule has 0 aliphatic rings. The van der Waals surface area contributed by atoms with Crippen LogP contribution in [0.5, 0.6) is 5.75 Å². The summed E-state index contributed by atoms with van der Waals surface area (Å²) in [7, 11) is 0. The van der Waals surface area contributed by atoms with Gasteiger partial charge in [0.2, 0.25) is 0 Å². The lowest BCUT2D eigenvalue weighted by atomic mass is 10.1. The zero-order chi connectivity index (χ0) is 19.4. The molecular weight excluding hydrogens is 356 g/mol. The van der Waals surface area contributed by atoms with E-state index in [2.05, 4.69) is 37.1 Å². The SMILES string of the molecule is Cc1cc(C)c(C)c(OCc2nc(C(=O)N[C@@H](C)c3ccccc3)cs2)c1. The molecule has 140 valence electrons. The molecule has 0 spiro atoms. The topological polar surface area (TPSA) is 51.2 Å². The summed E-state index contributed by atoms with van der Waals surface area (Å²) < 4.78 is 5.94. The fourth-order valence-corrected chi connectivity index (χ4v) is 3.55. The minimum absolute atomic E-state index is 0.0713. The monoisotopic (exact) mass is 380 g/mol. The van der Waals surface area contributed by atoms with E-state index in [1.807, 2.05) is 43.3 Å². The summed E-state index contributed by atoms with van der Waals surface area (Å²) in [4.78, 5) is 16.9. The van der Waals surface area contributed by atoms with Gasteiger partial charge in [0.15, 0.2) is 0 Å². The van der Waals surface area contributed by atoms with Crippen molar-refractivity contribution < 1.29 is 9.53 Å². The molecule has 2 aromatic carbocycles. The van der Waals surface area contributed by atoms with Crippen LogP contribution in [-0.2, 0) is 6.61 Å². The Labute approximate surface area is 164 Å². The highest BCUT2D eigenvalue weighted by Crippen LogP contribution is 2.24. The number of nitrogens with one attached hydrogen (secondary N) is 1. The quantitative estimate of drug-likeness (QED) is 0.644. The van der Waals surface area contributed by atoms with Gasteiger partial charge in [0.1, 0.15) is 23.1 Å². The Balaban J connectivity index is 1.62. The lowest BCUT2D eigenvalue weighted by Gasteiger charge is -2.13. The summed E-state index contributed by atoms with van der Waals surface area (Å²) >= 11 is 1.44. The van der Waals surface area contributed by atoms with E-state index < -0.39 is 0 Å². The minimum atomic E-state index is -0.170. The van der Waals surface area contributed by atoms with E-state index in [1.54, 1.807) is 5.38 Å². The number of hydrogen-bond donors (Lipinski definition) is 1. The molecule has 4 nitrogen and oxygen atoms in total. The Hall–Kier alpha value is -2.66. The summed E-state index contributed by atoms with van der Waals surface area (Å²) in [6.45, 7) is 8.51. The van der Waals surface area contributed by atoms with Crippen molar-refractivity contribution in [2.75, 3.05) is 0 Å². The number of amides is 1. The first-order chi connectivity index (χ1) is 12.9. The van der Waals surface area contributed by atoms with Gasteiger partial charge in [0.25, 0.3) is 5.91 Å². The van der Waals surface area contributed by atoms with E-state index in [9.17, 15) is 4.79 Å². The van der Waals surface area contributed by atoms with Crippen LogP contribution in [-0.4, -0.2) is 10.9 Å².